The summed E-state index contributed by atoms with van der Waals surface area (Å²) in [5.74, 6) is 0. The van der Waals surface area contributed by atoms with Gasteiger partial charge in [0.25, 0.3) is 5.45 Å². The summed E-state index contributed by atoms with van der Waals surface area (Å²) in [5.41, 5.74) is 9.30. The van der Waals surface area contributed by atoms with Gasteiger partial charge < -0.3 is 5.53 Å². The molecule has 1 atom stereocenters. The van der Waals surface area contributed by atoms with Crippen molar-refractivity contribution >= 4 is 14.0 Å². The standard InChI is InChI=1S/C5H9N2P/c6-7-5-3-1-2-4-8-5/h8H,1-4H2. The topological polar surface area (TPSA) is 36.4 Å². The molecule has 44 valence electrons. The summed E-state index contributed by atoms with van der Waals surface area (Å²) in [6, 6.07) is 0. The van der Waals surface area contributed by atoms with Crippen LogP contribution in [-0.2, 0) is 0 Å². The molecule has 0 aromatic heterocycles. The predicted molar refractivity (Wildman–Crippen MR) is 35.7 cm³/mol. The molecular formula is C5H9N2P. The van der Waals surface area contributed by atoms with E-state index in [1.54, 1.807) is 0 Å². The minimum absolute atomic E-state index is 0.793. The minimum Gasteiger partial charge on any atom is -0.361 e. The molecule has 0 spiro atoms. The molecule has 0 aliphatic carbocycles. The maximum absolute atomic E-state index is 8.29. The van der Waals surface area contributed by atoms with E-state index in [0.29, 0.717) is 0 Å². The van der Waals surface area contributed by atoms with Gasteiger partial charge in [-0.25, -0.2) is 0 Å². The summed E-state index contributed by atoms with van der Waals surface area (Å²) in [5, 5.41) is 0. The van der Waals surface area contributed by atoms with Crippen molar-refractivity contribution in [3.63, 3.8) is 0 Å². The van der Waals surface area contributed by atoms with Gasteiger partial charge in [0.2, 0.25) is 0 Å². The summed E-state index contributed by atoms with van der Waals surface area (Å²) in [4.78, 5) is 3.18. The van der Waals surface area contributed by atoms with Crippen LogP contribution in [0.5, 0.6) is 0 Å². The molecule has 1 rings (SSSR count). The fourth-order valence-electron chi connectivity index (χ4n) is 0.824. The zero-order chi connectivity index (χ0) is 5.82. The SMILES string of the molecule is [N-]=[N+]=C1CCCCP1. The van der Waals surface area contributed by atoms with Crippen LogP contribution >= 0.6 is 8.58 Å². The van der Waals surface area contributed by atoms with Crippen molar-refractivity contribution in [3.05, 3.63) is 5.53 Å². The minimum atomic E-state index is 0.793. The van der Waals surface area contributed by atoms with E-state index >= 15 is 0 Å². The molecular weight excluding hydrogens is 119 g/mol. The Morgan fingerprint density at radius 1 is 1.50 bits per heavy atom. The van der Waals surface area contributed by atoms with E-state index < -0.39 is 0 Å². The van der Waals surface area contributed by atoms with Gasteiger partial charge in [-0.2, -0.15) is 4.79 Å². The molecule has 1 saturated heterocycles. The Hall–Kier alpha value is -0.190. The van der Waals surface area contributed by atoms with Crippen LogP contribution in [0.25, 0.3) is 5.53 Å². The molecule has 0 aromatic carbocycles. The average Bonchev–Trinajstić information content (AvgIpc) is 1.90. The van der Waals surface area contributed by atoms with Crippen LogP contribution < -0.4 is 0 Å². The summed E-state index contributed by atoms with van der Waals surface area (Å²) in [7, 11) is 0.793. The first kappa shape index (κ1) is 5.94. The smallest absolute Gasteiger partial charge is 0.284 e. The molecule has 1 fully saturated rings. The van der Waals surface area contributed by atoms with Crippen molar-refractivity contribution in [1.82, 2.24) is 0 Å². The highest BCUT2D eigenvalue weighted by molar-refractivity contribution is 7.58. The molecule has 1 unspecified atom stereocenters. The van der Waals surface area contributed by atoms with Gasteiger partial charge in [0, 0.05) is 6.42 Å². The second-order valence-electron chi connectivity index (χ2n) is 1.93. The van der Waals surface area contributed by atoms with Gasteiger partial charge in [-0.15, -0.1) is 0 Å². The van der Waals surface area contributed by atoms with E-state index in [0.717, 1.165) is 20.5 Å². The van der Waals surface area contributed by atoms with E-state index in [2.05, 4.69) is 4.79 Å². The van der Waals surface area contributed by atoms with Crippen molar-refractivity contribution in [2.75, 3.05) is 6.16 Å². The first-order chi connectivity index (χ1) is 3.93. The molecule has 0 amide bonds. The fraction of sp³-hybridized carbons (Fsp3) is 0.800. The quantitative estimate of drug-likeness (QED) is 0.269. The number of rotatable bonds is 0. The number of nitrogens with zero attached hydrogens (tertiary/aromatic N) is 2. The van der Waals surface area contributed by atoms with Gasteiger partial charge in [-0.3, -0.25) is 0 Å². The van der Waals surface area contributed by atoms with Crippen molar-refractivity contribution in [1.29, 1.82) is 0 Å². The Morgan fingerprint density at radius 2 is 2.38 bits per heavy atom. The van der Waals surface area contributed by atoms with Gasteiger partial charge in [0.05, 0.1) is 0 Å². The molecule has 0 aromatic rings. The lowest BCUT2D eigenvalue weighted by molar-refractivity contribution is -0.00314. The Balaban J connectivity index is 2.45. The zero-order valence-electron chi connectivity index (χ0n) is 4.72. The van der Waals surface area contributed by atoms with E-state index in [4.69, 9.17) is 5.53 Å². The van der Waals surface area contributed by atoms with Crippen molar-refractivity contribution in [2.24, 2.45) is 0 Å². The lowest BCUT2D eigenvalue weighted by Gasteiger charge is -2.02. The Kier molecular flexibility index (Phi) is 2.20. The van der Waals surface area contributed by atoms with Gasteiger partial charge in [0.1, 0.15) is 0 Å². The first-order valence-electron chi connectivity index (χ1n) is 2.88. The second kappa shape index (κ2) is 2.96. The Labute approximate surface area is 50.7 Å². The van der Waals surface area contributed by atoms with Crippen LogP contribution in [-0.4, -0.2) is 16.4 Å². The number of hydrogen-bond donors (Lipinski definition) is 0. The molecule has 8 heavy (non-hydrogen) atoms. The van der Waals surface area contributed by atoms with Gasteiger partial charge in [0.15, 0.2) is 0 Å². The van der Waals surface area contributed by atoms with Crippen LogP contribution in [0.1, 0.15) is 19.3 Å². The number of hydrogen-bond acceptors (Lipinski definition) is 0. The van der Waals surface area contributed by atoms with Crippen LogP contribution in [0, 0.1) is 0 Å². The van der Waals surface area contributed by atoms with Crippen LogP contribution in [0.15, 0.2) is 0 Å². The van der Waals surface area contributed by atoms with E-state index in [-0.39, 0.29) is 0 Å². The van der Waals surface area contributed by atoms with Gasteiger partial charge in [-0.05, 0) is 27.6 Å². The summed E-state index contributed by atoms with van der Waals surface area (Å²) in [6.45, 7) is 0. The highest BCUT2D eigenvalue weighted by Gasteiger charge is 2.11. The fourth-order valence-corrected chi connectivity index (χ4v) is 1.96. The van der Waals surface area contributed by atoms with E-state index in [1.165, 1.54) is 19.0 Å². The van der Waals surface area contributed by atoms with Crippen molar-refractivity contribution in [3.8, 4) is 0 Å². The molecule has 0 saturated carbocycles. The summed E-state index contributed by atoms with van der Waals surface area (Å²) in [6.07, 6.45) is 4.79. The second-order valence-corrected chi connectivity index (χ2v) is 3.36. The third-order valence-corrected chi connectivity index (χ3v) is 2.65. The Morgan fingerprint density at radius 3 is 2.75 bits per heavy atom. The summed E-state index contributed by atoms with van der Waals surface area (Å²) >= 11 is 0. The highest BCUT2D eigenvalue weighted by Crippen LogP contribution is 2.23. The van der Waals surface area contributed by atoms with E-state index in [9.17, 15) is 0 Å². The van der Waals surface area contributed by atoms with Crippen molar-refractivity contribution < 1.29 is 4.79 Å². The van der Waals surface area contributed by atoms with Gasteiger partial charge in [-0.1, -0.05) is 0 Å². The molecule has 0 bridgehead atoms. The zero-order valence-corrected chi connectivity index (χ0v) is 5.72. The molecule has 1 aliphatic rings. The molecule has 2 nitrogen and oxygen atoms in total. The highest BCUT2D eigenvalue weighted by atomic mass is 31.1. The first-order valence-corrected chi connectivity index (χ1v) is 4.09. The average molecular weight is 128 g/mol. The van der Waals surface area contributed by atoms with Crippen LogP contribution in [0.2, 0.25) is 0 Å². The third-order valence-electron chi connectivity index (χ3n) is 1.29. The normalized spacial score (nSPS) is 23.2. The molecule has 1 aliphatic heterocycles. The maximum Gasteiger partial charge on any atom is 0.284 e. The van der Waals surface area contributed by atoms with Crippen LogP contribution in [0.3, 0.4) is 0 Å². The van der Waals surface area contributed by atoms with Crippen LogP contribution in [0.4, 0.5) is 0 Å². The van der Waals surface area contributed by atoms with Crippen molar-refractivity contribution in [2.45, 2.75) is 19.3 Å². The Bertz CT molecular complexity index is 118. The third kappa shape index (κ3) is 1.40. The molecule has 1 heterocycles. The summed E-state index contributed by atoms with van der Waals surface area (Å²) < 4.78 is 0. The molecule has 3 heteroatoms. The monoisotopic (exact) mass is 128 g/mol. The predicted octanol–water partition coefficient (Wildman–Crippen LogP) is 1.48. The lowest BCUT2D eigenvalue weighted by Crippen LogP contribution is -1.99. The lowest BCUT2D eigenvalue weighted by atomic mass is 10.2. The maximum atomic E-state index is 8.29. The largest absolute Gasteiger partial charge is 0.361 e. The van der Waals surface area contributed by atoms with E-state index in [1.807, 2.05) is 0 Å². The molecule has 0 N–H and O–H groups in total. The molecule has 0 radical (unpaired) electrons. The van der Waals surface area contributed by atoms with Gasteiger partial charge >= 0.3 is 0 Å².